The summed E-state index contributed by atoms with van der Waals surface area (Å²) < 4.78 is 1.77. The second-order valence-electron chi connectivity index (χ2n) is 5.56. The molecule has 0 saturated carbocycles. The van der Waals surface area contributed by atoms with Crippen molar-refractivity contribution < 1.29 is 5.11 Å². The Morgan fingerprint density at radius 1 is 1.09 bits per heavy atom. The molecule has 22 heavy (non-hydrogen) atoms. The summed E-state index contributed by atoms with van der Waals surface area (Å²) in [6.07, 6.45) is 2.88. The van der Waals surface area contributed by atoms with Crippen LogP contribution in [0.5, 0.6) is 0 Å². The van der Waals surface area contributed by atoms with Gasteiger partial charge in [-0.3, -0.25) is 0 Å². The second-order valence-corrected chi connectivity index (χ2v) is 5.56. The van der Waals surface area contributed by atoms with Gasteiger partial charge in [0.05, 0.1) is 11.8 Å². The molecule has 4 rings (SSSR count). The summed E-state index contributed by atoms with van der Waals surface area (Å²) in [7, 11) is 0. The van der Waals surface area contributed by atoms with Gasteiger partial charge in [0.25, 0.3) is 5.78 Å². The van der Waals surface area contributed by atoms with Crippen LogP contribution in [0.4, 0.5) is 5.82 Å². The maximum atomic E-state index is 9.71. The fourth-order valence-electron chi connectivity index (χ4n) is 2.87. The predicted molar refractivity (Wildman–Crippen MR) is 83.7 cm³/mol. The van der Waals surface area contributed by atoms with Gasteiger partial charge in [-0.2, -0.15) is 14.6 Å². The zero-order valence-electron chi connectivity index (χ0n) is 12.1. The van der Waals surface area contributed by atoms with E-state index in [0.29, 0.717) is 5.78 Å². The van der Waals surface area contributed by atoms with Gasteiger partial charge >= 0.3 is 0 Å². The highest BCUT2D eigenvalue weighted by Gasteiger charge is 2.21. The molecule has 1 saturated heterocycles. The zero-order valence-corrected chi connectivity index (χ0v) is 12.1. The SMILES string of the molecule is OC1CCN(c2cc(-c3ccccc3)nc3ncnn23)CC1. The van der Waals surface area contributed by atoms with Crippen molar-refractivity contribution in [1.29, 1.82) is 0 Å². The lowest BCUT2D eigenvalue weighted by atomic mass is 10.1. The molecule has 1 N–H and O–H groups in total. The second kappa shape index (κ2) is 5.38. The Labute approximate surface area is 128 Å². The summed E-state index contributed by atoms with van der Waals surface area (Å²) in [4.78, 5) is 11.1. The van der Waals surface area contributed by atoms with Crippen LogP contribution in [0, 0.1) is 0 Å². The van der Waals surface area contributed by atoms with Crippen LogP contribution in [0.25, 0.3) is 17.0 Å². The molecular formula is C16H17N5O. The zero-order chi connectivity index (χ0) is 14.9. The first kappa shape index (κ1) is 13.2. The minimum absolute atomic E-state index is 0.196. The minimum Gasteiger partial charge on any atom is -0.393 e. The van der Waals surface area contributed by atoms with E-state index in [1.165, 1.54) is 6.33 Å². The molecule has 6 nitrogen and oxygen atoms in total. The minimum atomic E-state index is -0.196. The van der Waals surface area contributed by atoms with Crippen molar-refractivity contribution in [3.63, 3.8) is 0 Å². The Balaban J connectivity index is 1.81. The molecule has 3 heterocycles. The Kier molecular flexibility index (Phi) is 3.23. The average molecular weight is 295 g/mol. The van der Waals surface area contributed by atoms with E-state index in [1.807, 2.05) is 30.3 Å². The molecule has 1 aliphatic rings. The molecule has 1 aromatic carbocycles. The third kappa shape index (κ3) is 2.31. The van der Waals surface area contributed by atoms with Crippen molar-refractivity contribution in [1.82, 2.24) is 19.6 Å². The number of hydrogen-bond acceptors (Lipinski definition) is 5. The van der Waals surface area contributed by atoms with Crippen molar-refractivity contribution >= 4 is 11.6 Å². The molecule has 0 amide bonds. The van der Waals surface area contributed by atoms with Crippen LogP contribution >= 0.6 is 0 Å². The molecule has 1 aliphatic heterocycles. The van der Waals surface area contributed by atoms with Gasteiger partial charge in [-0.25, -0.2) is 4.98 Å². The fraction of sp³-hybridized carbons (Fsp3) is 0.312. The molecule has 6 heteroatoms. The topological polar surface area (TPSA) is 66.5 Å². The van der Waals surface area contributed by atoms with Gasteiger partial charge in [0.15, 0.2) is 0 Å². The van der Waals surface area contributed by atoms with Gasteiger partial charge in [0.2, 0.25) is 0 Å². The molecule has 0 radical (unpaired) electrons. The number of aliphatic hydroxyl groups excluding tert-OH is 1. The summed E-state index contributed by atoms with van der Waals surface area (Å²) in [6.45, 7) is 1.63. The molecule has 0 aliphatic carbocycles. The van der Waals surface area contributed by atoms with Crippen LogP contribution in [-0.2, 0) is 0 Å². The van der Waals surface area contributed by atoms with Crippen LogP contribution < -0.4 is 4.90 Å². The van der Waals surface area contributed by atoms with E-state index in [9.17, 15) is 5.11 Å². The molecule has 112 valence electrons. The Bertz CT molecular complexity index is 778. The van der Waals surface area contributed by atoms with Gasteiger partial charge in [0.1, 0.15) is 12.1 Å². The van der Waals surface area contributed by atoms with E-state index in [4.69, 9.17) is 0 Å². The van der Waals surface area contributed by atoms with Crippen molar-refractivity contribution in [3.8, 4) is 11.3 Å². The number of nitrogens with zero attached hydrogens (tertiary/aromatic N) is 5. The molecule has 0 bridgehead atoms. The number of rotatable bonds is 2. The number of benzene rings is 1. The van der Waals surface area contributed by atoms with Crippen LogP contribution in [0.15, 0.2) is 42.7 Å². The first-order chi connectivity index (χ1) is 10.8. The van der Waals surface area contributed by atoms with Gasteiger partial charge in [-0.15, -0.1) is 0 Å². The van der Waals surface area contributed by atoms with E-state index in [2.05, 4.69) is 26.0 Å². The predicted octanol–water partition coefficient (Wildman–Crippen LogP) is 1.75. The van der Waals surface area contributed by atoms with E-state index >= 15 is 0 Å². The molecule has 3 aromatic rings. The number of piperidine rings is 1. The lowest BCUT2D eigenvalue weighted by Crippen LogP contribution is -2.37. The smallest absolute Gasteiger partial charge is 0.254 e. The first-order valence-electron chi connectivity index (χ1n) is 7.50. The van der Waals surface area contributed by atoms with E-state index < -0.39 is 0 Å². The summed E-state index contributed by atoms with van der Waals surface area (Å²) in [5.41, 5.74) is 1.95. The normalized spacial score (nSPS) is 16.3. The highest BCUT2D eigenvalue weighted by molar-refractivity contribution is 5.65. The maximum Gasteiger partial charge on any atom is 0.254 e. The van der Waals surface area contributed by atoms with Crippen LogP contribution in [-0.4, -0.2) is 43.9 Å². The summed E-state index contributed by atoms with van der Waals surface area (Å²) in [6, 6.07) is 12.1. The first-order valence-corrected chi connectivity index (χ1v) is 7.50. The number of anilines is 1. The van der Waals surface area contributed by atoms with Gasteiger partial charge in [-0.05, 0) is 12.8 Å². The molecule has 0 atom stereocenters. The lowest BCUT2D eigenvalue weighted by molar-refractivity contribution is 0.145. The van der Waals surface area contributed by atoms with Gasteiger partial charge in [0, 0.05) is 24.7 Å². The Morgan fingerprint density at radius 3 is 2.64 bits per heavy atom. The van der Waals surface area contributed by atoms with Crippen molar-refractivity contribution in [2.45, 2.75) is 18.9 Å². The van der Waals surface area contributed by atoms with Crippen molar-refractivity contribution in [3.05, 3.63) is 42.7 Å². The van der Waals surface area contributed by atoms with Gasteiger partial charge in [-0.1, -0.05) is 30.3 Å². The van der Waals surface area contributed by atoms with Crippen LogP contribution in [0.3, 0.4) is 0 Å². The highest BCUT2D eigenvalue weighted by atomic mass is 16.3. The molecule has 2 aromatic heterocycles. The average Bonchev–Trinajstić information content (AvgIpc) is 3.04. The third-order valence-corrected chi connectivity index (χ3v) is 4.09. The van der Waals surface area contributed by atoms with Crippen LogP contribution in [0.1, 0.15) is 12.8 Å². The third-order valence-electron chi connectivity index (χ3n) is 4.09. The molecular weight excluding hydrogens is 278 g/mol. The van der Waals surface area contributed by atoms with Crippen molar-refractivity contribution in [2.24, 2.45) is 0 Å². The summed E-state index contributed by atoms with van der Waals surface area (Å²) >= 11 is 0. The highest BCUT2D eigenvalue weighted by Crippen LogP contribution is 2.25. The Morgan fingerprint density at radius 2 is 1.86 bits per heavy atom. The molecule has 0 spiro atoms. The van der Waals surface area contributed by atoms with Crippen molar-refractivity contribution in [2.75, 3.05) is 18.0 Å². The number of hydrogen-bond donors (Lipinski definition) is 1. The van der Waals surface area contributed by atoms with E-state index in [-0.39, 0.29) is 6.10 Å². The fourth-order valence-corrected chi connectivity index (χ4v) is 2.87. The van der Waals surface area contributed by atoms with E-state index in [0.717, 1.165) is 43.0 Å². The number of aliphatic hydroxyl groups is 1. The summed E-state index contributed by atoms with van der Waals surface area (Å²) in [5, 5.41) is 14.0. The maximum absolute atomic E-state index is 9.71. The number of fused-ring (bicyclic) bond motifs is 1. The monoisotopic (exact) mass is 295 g/mol. The Hall–Kier alpha value is -2.47. The molecule has 0 unspecified atom stereocenters. The van der Waals surface area contributed by atoms with Crippen LogP contribution in [0.2, 0.25) is 0 Å². The standard InChI is InChI=1S/C16H17N5O/c22-13-6-8-20(9-7-13)15-10-14(12-4-2-1-3-5-12)19-16-17-11-18-21(15)16/h1-5,10-11,13,22H,6-9H2. The quantitative estimate of drug-likeness (QED) is 0.780. The molecule has 1 fully saturated rings. The summed E-state index contributed by atoms with van der Waals surface area (Å²) in [5.74, 6) is 1.58. The lowest BCUT2D eigenvalue weighted by Gasteiger charge is -2.31. The largest absolute Gasteiger partial charge is 0.393 e. The van der Waals surface area contributed by atoms with E-state index in [1.54, 1.807) is 4.52 Å². The number of aromatic nitrogens is 4. The van der Waals surface area contributed by atoms with Gasteiger partial charge < -0.3 is 10.0 Å².